The van der Waals surface area contributed by atoms with Crippen molar-refractivity contribution in [1.29, 1.82) is 0 Å². The van der Waals surface area contributed by atoms with E-state index in [1.807, 2.05) is 41.3 Å². The van der Waals surface area contributed by atoms with Gasteiger partial charge in [-0.3, -0.25) is 9.59 Å². The van der Waals surface area contributed by atoms with Crippen LogP contribution < -0.4 is 15.0 Å². The number of amides is 2. The summed E-state index contributed by atoms with van der Waals surface area (Å²) in [7, 11) is 0. The molecule has 0 radical (unpaired) electrons. The second-order valence-electron chi connectivity index (χ2n) is 9.19. The topological polar surface area (TPSA) is 61.9 Å². The van der Waals surface area contributed by atoms with Crippen LogP contribution in [0.1, 0.15) is 45.6 Å². The highest BCUT2D eigenvalue weighted by atomic mass is 35.5. The molecule has 0 spiro atoms. The molecule has 1 fully saturated rings. The van der Waals surface area contributed by atoms with E-state index in [2.05, 4.69) is 37.9 Å². The number of piperazine rings is 1. The fourth-order valence-corrected chi connectivity index (χ4v) is 4.11. The maximum Gasteiger partial charge on any atom is 0.262 e. The fraction of sp³-hybridized carbons (Fsp3) is 0.462. The number of halogens is 1. The van der Waals surface area contributed by atoms with E-state index >= 15 is 0 Å². The van der Waals surface area contributed by atoms with Crippen molar-refractivity contribution in [2.75, 3.05) is 43.0 Å². The number of benzene rings is 2. The molecule has 7 heteroatoms. The van der Waals surface area contributed by atoms with Gasteiger partial charge in [0.1, 0.15) is 5.75 Å². The number of anilines is 2. The van der Waals surface area contributed by atoms with Crippen molar-refractivity contribution in [1.82, 2.24) is 4.90 Å². The van der Waals surface area contributed by atoms with E-state index in [-0.39, 0.29) is 18.4 Å². The maximum atomic E-state index is 12.3. The van der Waals surface area contributed by atoms with Crippen molar-refractivity contribution in [3.63, 3.8) is 0 Å². The molecule has 2 aromatic carbocycles. The summed E-state index contributed by atoms with van der Waals surface area (Å²) in [5.74, 6) is 1.44. The first kappa shape index (κ1) is 24.9. The summed E-state index contributed by atoms with van der Waals surface area (Å²) in [6, 6.07) is 13.3. The number of nitrogens with one attached hydrogen (secondary N) is 1. The first-order valence-electron chi connectivity index (χ1n) is 11.6. The zero-order chi connectivity index (χ0) is 24.0. The van der Waals surface area contributed by atoms with E-state index in [4.69, 9.17) is 16.3 Å². The second kappa shape index (κ2) is 11.4. The summed E-state index contributed by atoms with van der Waals surface area (Å²) in [5.41, 5.74) is 2.76. The van der Waals surface area contributed by atoms with E-state index < -0.39 is 0 Å². The molecule has 6 nitrogen and oxygen atoms in total. The predicted octanol–water partition coefficient (Wildman–Crippen LogP) is 5.18. The Labute approximate surface area is 201 Å². The Morgan fingerprint density at radius 3 is 2.24 bits per heavy atom. The Bertz CT molecular complexity index is 952. The van der Waals surface area contributed by atoms with Crippen LogP contribution in [0.3, 0.4) is 0 Å². The molecule has 178 valence electrons. The van der Waals surface area contributed by atoms with Gasteiger partial charge < -0.3 is 19.9 Å². The Kier molecular flexibility index (Phi) is 8.61. The lowest BCUT2D eigenvalue weighted by Gasteiger charge is -2.36. The van der Waals surface area contributed by atoms with Crippen LogP contribution in [0.4, 0.5) is 11.4 Å². The molecule has 0 saturated carbocycles. The summed E-state index contributed by atoms with van der Waals surface area (Å²) in [4.78, 5) is 28.7. The van der Waals surface area contributed by atoms with Gasteiger partial charge in [-0.1, -0.05) is 51.4 Å². The molecule has 3 rings (SSSR count). The summed E-state index contributed by atoms with van der Waals surface area (Å²) in [6.07, 6.45) is 0.585. The highest BCUT2D eigenvalue weighted by molar-refractivity contribution is 6.33. The number of carbonyl (C=O) groups is 2. The van der Waals surface area contributed by atoms with Crippen LogP contribution in [0.15, 0.2) is 42.5 Å². The van der Waals surface area contributed by atoms with Gasteiger partial charge in [0, 0.05) is 38.3 Å². The predicted molar refractivity (Wildman–Crippen MR) is 134 cm³/mol. The van der Waals surface area contributed by atoms with Gasteiger partial charge >= 0.3 is 0 Å². The molecular formula is C26H34ClN3O3. The monoisotopic (exact) mass is 471 g/mol. The number of ether oxygens (including phenoxy) is 1. The van der Waals surface area contributed by atoms with Gasteiger partial charge in [0.2, 0.25) is 5.91 Å². The largest absolute Gasteiger partial charge is 0.484 e. The average molecular weight is 472 g/mol. The highest BCUT2D eigenvalue weighted by Crippen LogP contribution is 2.30. The Morgan fingerprint density at radius 2 is 1.67 bits per heavy atom. The molecule has 1 heterocycles. The van der Waals surface area contributed by atoms with Gasteiger partial charge in [-0.25, -0.2) is 0 Å². The van der Waals surface area contributed by atoms with Crippen molar-refractivity contribution >= 4 is 34.8 Å². The van der Waals surface area contributed by atoms with E-state index in [9.17, 15) is 9.59 Å². The number of nitrogens with zero attached hydrogens (tertiary/aromatic N) is 2. The molecule has 0 aromatic heterocycles. The van der Waals surface area contributed by atoms with Gasteiger partial charge in [-0.05, 0) is 47.7 Å². The van der Waals surface area contributed by atoms with E-state index in [1.165, 1.54) is 5.56 Å². The Balaban J connectivity index is 1.50. The number of carbonyl (C=O) groups excluding carboxylic acids is 2. The minimum absolute atomic E-state index is 0.0766. The molecule has 0 atom stereocenters. The van der Waals surface area contributed by atoms with Crippen LogP contribution >= 0.6 is 11.6 Å². The molecule has 1 N–H and O–H groups in total. The van der Waals surface area contributed by atoms with Crippen molar-refractivity contribution < 1.29 is 14.3 Å². The lowest BCUT2D eigenvalue weighted by molar-refractivity contribution is -0.132. The zero-order valence-corrected chi connectivity index (χ0v) is 20.7. The quantitative estimate of drug-likeness (QED) is 0.576. The van der Waals surface area contributed by atoms with Gasteiger partial charge in [0.25, 0.3) is 5.91 Å². The molecule has 2 aromatic rings. The van der Waals surface area contributed by atoms with Crippen LogP contribution in [0.25, 0.3) is 0 Å². The standard InChI is InChI=1S/C26H34ClN3O3/c1-18(2)15-26(32)30-13-11-29(12-14-30)24-10-7-21(16-23(24)27)28-25(31)17-33-22-8-5-20(6-9-22)19(3)4/h5-10,16,18-19H,11-15,17H2,1-4H3,(H,28,31). The maximum absolute atomic E-state index is 12.3. The van der Waals surface area contributed by atoms with Crippen LogP contribution in [0.5, 0.6) is 5.75 Å². The molecular weight excluding hydrogens is 438 g/mol. The van der Waals surface area contributed by atoms with Gasteiger partial charge in [0.15, 0.2) is 6.61 Å². The van der Waals surface area contributed by atoms with Gasteiger partial charge in [-0.15, -0.1) is 0 Å². The number of rotatable bonds is 8. The minimum atomic E-state index is -0.246. The van der Waals surface area contributed by atoms with Gasteiger partial charge in [0.05, 0.1) is 10.7 Å². The normalized spacial score (nSPS) is 14.0. The number of hydrogen-bond acceptors (Lipinski definition) is 4. The van der Waals surface area contributed by atoms with E-state index in [0.29, 0.717) is 47.8 Å². The Hall–Kier alpha value is -2.73. The SMILES string of the molecule is CC(C)CC(=O)N1CCN(c2ccc(NC(=O)COc3ccc(C(C)C)cc3)cc2Cl)CC1. The third-order valence-electron chi connectivity index (χ3n) is 5.70. The molecule has 1 aliphatic heterocycles. The molecule has 1 aliphatic rings. The molecule has 1 saturated heterocycles. The molecule has 0 unspecified atom stereocenters. The molecule has 0 bridgehead atoms. The fourth-order valence-electron chi connectivity index (χ4n) is 3.81. The molecule has 2 amide bonds. The summed E-state index contributed by atoms with van der Waals surface area (Å²) in [5, 5.41) is 3.40. The summed E-state index contributed by atoms with van der Waals surface area (Å²) >= 11 is 6.52. The molecule has 0 aliphatic carbocycles. The van der Waals surface area contributed by atoms with E-state index in [0.717, 1.165) is 18.8 Å². The van der Waals surface area contributed by atoms with Crippen LogP contribution in [-0.4, -0.2) is 49.5 Å². The molecule has 33 heavy (non-hydrogen) atoms. The average Bonchev–Trinajstić information content (AvgIpc) is 2.78. The van der Waals surface area contributed by atoms with Crippen molar-refractivity contribution in [2.45, 2.75) is 40.0 Å². The van der Waals surface area contributed by atoms with Crippen molar-refractivity contribution in [3.05, 3.63) is 53.1 Å². The third kappa shape index (κ3) is 7.13. The summed E-state index contributed by atoms with van der Waals surface area (Å²) < 4.78 is 5.59. The number of hydrogen-bond donors (Lipinski definition) is 1. The van der Waals surface area contributed by atoms with E-state index in [1.54, 1.807) is 6.07 Å². The Morgan fingerprint density at radius 1 is 1.00 bits per heavy atom. The smallest absolute Gasteiger partial charge is 0.262 e. The van der Waals surface area contributed by atoms with Gasteiger partial charge in [-0.2, -0.15) is 0 Å². The van der Waals surface area contributed by atoms with Crippen LogP contribution in [0.2, 0.25) is 5.02 Å². The van der Waals surface area contributed by atoms with Crippen LogP contribution in [-0.2, 0) is 9.59 Å². The van der Waals surface area contributed by atoms with Crippen molar-refractivity contribution in [3.8, 4) is 5.75 Å². The second-order valence-corrected chi connectivity index (χ2v) is 9.60. The lowest BCUT2D eigenvalue weighted by atomic mass is 10.0. The first-order valence-corrected chi connectivity index (χ1v) is 12.0. The first-order chi connectivity index (χ1) is 15.7. The minimum Gasteiger partial charge on any atom is -0.484 e. The van der Waals surface area contributed by atoms with Crippen molar-refractivity contribution in [2.24, 2.45) is 5.92 Å². The van der Waals surface area contributed by atoms with Crippen LogP contribution in [0, 0.1) is 5.92 Å². The third-order valence-corrected chi connectivity index (χ3v) is 6.01. The zero-order valence-electron chi connectivity index (χ0n) is 19.9. The summed E-state index contributed by atoms with van der Waals surface area (Å²) in [6.45, 7) is 11.2. The highest BCUT2D eigenvalue weighted by Gasteiger charge is 2.23. The lowest BCUT2D eigenvalue weighted by Crippen LogP contribution is -2.49.